The largest absolute Gasteiger partial charge is 0.347 e. The van der Waals surface area contributed by atoms with Crippen LogP contribution < -0.4 is 10.2 Å². The Morgan fingerprint density at radius 3 is 2.70 bits per heavy atom. The number of benzene rings is 1. The number of carbonyl (C=O) groups is 1. The fourth-order valence-corrected chi connectivity index (χ4v) is 2.48. The fourth-order valence-electron chi connectivity index (χ4n) is 2.48. The van der Waals surface area contributed by atoms with Gasteiger partial charge in [0.25, 0.3) is 0 Å². The Kier molecular flexibility index (Phi) is 3.00. The fraction of sp³-hybridized carbons (Fsp3) is 0.133. The predicted molar refractivity (Wildman–Crippen MR) is 84.7 cm³/mol. The number of likely N-dealkylation sites (N-methyl/N-ethyl adjacent to an activating group) is 1. The summed E-state index contributed by atoms with van der Waals surface area (Å²) in [4.78, 5) is 25.2. The summed E-state index contributed by atoms with van der Waals surface area (Å²) in [6.45, 7) is 0.273. The first-order chi connectivity index (χ1) is 11.2. The number of fused-ring (bicyclic) bond motifs is 1. The van der Waals surface area contributed by atoms with Crippen molar-refractivity contribution >= 4 is 17.5 Å². The summed E-state index contributed by atoms with van der Waals surface area (Å²) >= 11 is 0. The maximum atomic E-state index is 11.5. The normalized spacial score (nSPS) is 13.6. The minimum atomic E-state index is -0.0848. The van der Waals surface area contributed by atoms with Crippen molar-refractivity contribution in [1.29, 1.82) is 0 Å². The molecule has 0 radical (unpaired) electrons. The molecule has 3 aromatic rings. The molecular formula is C15H13N7O. The smallest absolute Gasteiger partial charge is 0.245 e. The van der Waals surface area contributed by atoms with Crippen molar-refractivity contribution < 1.29 is 4.79 Å². The molecule has 0 saturated heterocycles. The number of rotatable bonds is 2. The Morgan fingerprint density at radius 1 is 1.17 bits per heavy atom. The number of amides is 1. The predicted octanol–water partition coefficient (Wildman–Crippen LogP) is 1.32. The Labute approximate surface area is 131 Å². The van der Waals surface area contributed by atoms with Gasteiger partial charge in [-0.05, 0) is 0 Å². The van der Waals surface area contributed by atoms with E-state index >= 15 is 0 Å². The minimum Gasteiger partial charge on any atom is -0.347 e. The average Bonchev–Trinajstić information content (AvgIpc) is 3.09. The number of carbonyl (C=O) groups excluding carboxylic acids is 1. The van der Waals surface area contributed by atoms with Gasteiger partial charge in [0.05, 0.1) is 18.4 Å². The van der Waals surface area contributed by atoms with Crippen molar-refractivity contribution in [2.24, 2.45) is 0 Å². The molecule has 1 amide bonds. The Morgan fingerprint density at radius 2 is 1.96 bits per heavy atom. The van der Waals surface area contributed by atoms with Crippen LogP contribution in [-0.4, -0.2) is 44.6 Å². The van der Waals surface area contributed by atoms with Gasteiger partial charge in [-0.25, -0.2) is 9.97 Å². The Bertz CT molecular complexity index is 858. The van der Waals surface area contributed by atoms with Gasteiger partial charge in [0.2, 0.25) is 5.91 Å². The van der Waals surface area contributed by atoms with E-state index in [9.17, 15) is 4.79 Å². The van der Waals surface area contributed by atoms with Gasteiger partial charge < -0.3 is 15.2 Å². The van der Waals surface area contributed by atoms with Gasteiger partial charge in [-0.2, -0.15) is 0 Å². The highest BCUT2D eigenvalue weighted by Gasteiger charge is 2.22. The molecule has 0 saturated carbocycles. The monoisotopic (exact) mass is 307 g/mol. The van der Waals surface area contributed by atoms with Crippen LogP contribution in [0.2, 0.25) is 0 Å². The number of hydrogen-bond acceptors (Lipinski definition) is 6. The van der Waals surface area contributed by atoms with E-state index in [2.05, 4.69) is 30.5 Å². The number of nitrogens with one attached hydrogen (secondary N) is 2. The van der Waals surface area contributed by atoms with E-state index in [0.717, 1.165) is 22.6 Å². The molecule has 23 heavy (non-hydrogen) atoms. The molecule has 1 aromatic carbocycles. The summed E-state index contributed by atoms with van der Waals surface area (Å²) in [5, 5.41) is 10.5. The lowest BCUT2D eigenvalue weighted by atomic mass is 10.1. The van der Waals surface area contributed by atoms with E-state index in [1.165, 1.54) is 0 Å². The zero-order chi connectivity index (χ0) is 15.8. The van der Waals surface area contributed by atoms with Crippen LogP contribution >= 0.6 is 0 Å². The first-order valence-electron chi connectivity index (χ1n) is 7.05. The van der Waals surface area contributed by atoms with Crippen molar-refractivity contribution in [3.8, 4) is 22.6 Å². The van der Waals surface area contributed by atoms with E-state index in [-0.39, 0.29) is 12.5 Å². The summed E-state index contributed by atoms with van der Waals surface area (Å²) in [6.07, 6.45) is 3.20. The second-order valence-corrected chi connectivity index (χ2v) is 5.25. The zero-order valence-electron chi connectivity index (χ0n) is 12.3. The number of anilines is 2. The molecule has 114 valence electrons. The summed E-state index contributed by atoms with van der Waals surface area (Å²) < 4.78 is 0. The van der Waals surface area contributed by atoms with Crippen molar-refractivity contribution in [1.82, 2.24) is 25.1 Å². The molecule has 0 spiro atoms. The molecule has 4 rings (SSSR count). The molecule has 1 aliphatic heterocycles. The maximum absolute atomic E-state index is 11.5. The van der Waals surface area contributed by atoms with Gasteiger partial charge >= 0.3 is 0 Å². The van der Waals surface area contributed by atoms with Crippen molar-refractivity contribution in [3.05, 3.63) is 36.8 Å². The first-order valence-corrected chi connectivity index (χ1v) is 7.05. The van der Waals surface area contributed by atoms with Crippen LogP contribution in [0.4, 0.5) is 11.6 Å². The van der Waals surface area contributed by atoms with Gasteiger partial charge in [0, 0.05) is 18.2 Å². The average molecular weight is 307 g/mol. The molecule has 2 aromatic heterocycles. The third kappa shape index (κ3) is 2.39. The maximum Gasteiger partial charge on any atom is 0.245 e. The van der Waals surface area contributed by atoms with Crippen LogP contribution in [0.3, 0.4) is 0 Å². The molecule has 0 atom stereocenters. The Hall–Kier alpha value is -3.29. The second-order valence-electron chi connectivity index (χ2n) is 5.25. The third-order valence-corrected chi connectivity index (χ3v) is 3.63. The van der Waals surface area contributed by atoms with E-state index < -0.39 is 0 Å². The van der Waals surface area contributed by atoms with E-state index in [0.29, 0.717) is 11.6 Å². The van der Waals surface area contributed by atoms with E-state index in [4.69, 9.17) is 0 Å². The lowest BCUT2D eigenvalue weighted by Crippen LogP contribution is -2.36. The van der Waals surface area contributed by atoms with Crippen LogP contribution in [-0.2, 0) is 4.79 Å². The summed E-state index contributed by atoms with van der Waals surface area (Å²) in [5.74, 6) is 1.79. The number of aromatic amines is 1. The van der Waals surface area contributed by atoms with Gasteiger partial charge in [0.15, 0.2) is 17.5 Å². The summed E-state index contributed by atoms with van der Waals surface area (Å²) in [7, 11) is 1.82. The lowest BCUT2D eigenvalue weighted by Gasteiger charge is -2.25. The van der Waals surface area contributed by atoms with Gasteiger partial charge in [-0.1, -0.05) is 24.3 Å². The van der Waals surface area contributed by atoms with E-state index in [1.807, 2.05) is 31.3 Å². The first kappa shape index (κ1) is 13.4. The van der Waals surface area contributed by atoms with Gasteiger partial charge in [0.1, 0.15) is 6.33 Å². The highest BCUT2D eigenvalue weighted by Crippen LogP contribution is 2.28. The molecule has 0 fully saturated rings. The number of hydrogen-bond donors (Lipinski definition) is 2. The SMILES string of the molecule is CN1CC(=O)Nc2ncc(-c3ccc(-c4nnc[nH]4)cc3)nc21. The number of nitrogens with zero attached hydrogens (tertiary/aromatic N) is 5. The second kappa shape index (κ2) is 5.16. The molecule has 0 unspecified atom stereocenters. The molecular weight excluding hydrogens is 294 g/mol. The standard InChI is InChI=1S/C15H13N7O/c1-22-7-12(23)20-14-15(22)19-11(6-16-14)9-2-4-10(5-3-9)13-17-8-18-21-13/h2-6,8H,7H2,1H3,(H,16,20,23)(H,17,18,21). The summed E-state index contributed by atoms with van der Waals surface area (Å²) in [6, 6.07) is 7.80. The number of H-pyrrole nitrogens is 1. The lowest BCUT2D eigenvalue weighted by molar-refractivity contribution is -0.115. The number of aromatic nitrogens is 5. The van der Waals surface area contributed by atoms with Crippen LogP contribution in [0.1, 0.15) is 0 Å². The highest BCUT2D eigenvalue weighted by molar-refractivity contribution is 5.99. The topological polar surface area (TPSA) is 99.7 Å². The van der Waals surface area contributed by atoms with Gasteiger partial charge in [-0.3, -0.25) is 4.79 Å². The van der Waals surface area contributed by atoms with Crippen LogP contribution in [0.5, 0.6) is 0 Å². The van der Waals surface area contributed by atoms with E-state index in [1.54, 1.807) is 17.4 Å². The van der Waals surface area contributed by atoms with Crippen LogP contribution in [0, 0.1) is 0 Å². The molecule has 0 aliphatic carbocycles. The van der Waals surface area contributed by atoms with Gasteiger partial charge in [-0.15, -0.1) is 10.2 Å². The molecule has 8 heteroatoms. The van der Waals surface area contributed by atoms with Crippen molar-refractivity contribution in [2.45, 2.75) is 0 Å². The van der Waals surface area contributed by atoms with Crippen molar-refractivity contribution in [2.75, 3.05) is 23.8 Å². The summed E-state index contributed by atoms with van der Waals surface area (Å²) in [5.41, 5.74) is 2.63. The molecule has 2 N–H and O–H groups in total. The Balaban J connectivity index is 1.68. The molecule has 0 bridgehead atoms. The van der Waals surface area contributed by atoms with Crippen molar-refractivity contribution in [3.63, 3.8) is 0 Å². The molecule has 8 nitrogen and oxygen atoms in total. The minimum absolute atomic E-state index is 0.0848. The zero-order valence-corrected chi connectivity index (χ0v) is 12.3. The highest BCUT2D eigenvalue weighted by atomic mass is 16.2. The molecule has 1 aliphatic rings. The van der Waals surface area contributed by atoms with Crippen LogP contribution in [0.25, 0.3) is 22.6 Å². The quantitative estimate of drug-likeness (QED) is 0.740. The van der Waals surface area contributed by atoms with Crippen LogP contribution in [0.15, 0.2) is 36.8 Å². The molecule has 3 heterocycles. The third-order valence-electron chi connectivity index (χ3n) is 3.63.